The molecule has 3 aromatic rings. The van der Waals surface area contributed by atoms with E-state index in [4.69, 9.17) is 8.83 Å². The van der Waals surface area contributed by atoms with Crippen molar-refractivity contribution in [2.24, 2.45) is 0 Å². The normalized spacial score (nSPS) is 10.6. The minimum atomic E-state index is 0.163. The van der Waals surface area contributed by atoms with Crippen molar-refractivity contribution in [3.63, 3.8) is 0 Å². The number of carbonyl (C=O) groups is 1. The molecule has 17 heavy (non-hydrogen) atoms. The zero-order valence-electron chi connectivity index (χ0n) is 8.75. The van der Waals surface area contributed by atoms with E-state index >= 15 is 0 Å². The third kappa shape index (κ3) is 1.93. The number of aldehydes is 1. The first kappa shape index (κ1) is 10.4. The van der Waals surface area contributed by atoms with Gasteiger partial charge in [-0.25, -0.2) is 0 Å². The summed E-state index contributed by atoms with van der Waals surface area (Å²) in [5.41, 5.74) is 0. The molecule has 4 heteroatoms. The first-order valence-corrected chi connectivity index (χ1v) is 6.77. The average Bonchev–Trinajstić information content (AvgIpc) is 3.09. The van der Waals surface area contributed by atoms with Crippen molar-refractivity contribution in [1.29, 1.82) is 0 Å². The molecule has 0 saturated heterocycles. The van der Waals surface area contributed by atoms with Gasteiger partial charge in [0, 0.05) is 0 Å². The van der Waals surface area contributed by atoms with E-state index in [1.54, 1.807) is 12.3 Å². The van der Waals surface area contributed by atoms with Gasteiger partial charge in [0.1, 0.15) is 0 Å². The van der Waals surface area contributed by atoms with Crippen LogP contribution in [0.4, 0.5) is 0 Å². The molecule has 0 saturated carbocycles. The Hall–Kier alpha value is -1.77. The molecule has 3 aromatic heterocycles. The molecule has 0 spiro atoms. The molecule has 84 valence electrons. The number of hydrogen-bond acceptors (Lipinski definition) is 3. The van der Waals surface area contributed by atoms with E-state index in [0.717, 1.165) is 16.0 Å². The van der Waals surface area contributed by atoms with E-state index in [-0.39, 0.29) is 14.5 Å². The third-order valence-corrected chi connectivity index (χ3v) is 4.69. The van der Waals surface area contributed by atoms with Gasteiger partial charge in [0.2, 0.25) is 0 Å². The molecule has 0 aliphatic rings. The van der Waals surface area contributed by atoms with Crippen LogP contribution in [0.3, 0.4) is 0 Å². The summed E-state index contributed by atoms with van der Waals surface area (Å²) < 4.78 is 13.1. The van der Waals surface area contributed by atoms with Crippen molar-refractivity contribution < 1.29 is 13.6 Å². The number of rotatable bonds is 3. The van der Waals surface area contributed by atoms with Gasteiger partial charge in [0.15, 0.2) is 0 Å². The van der Waals surface area contributed by atoms with Crippen LogP contribution in [0.1, 0.15) is 10.6 Å². The molecule has 0 atom stereocenters. The molecule has 0 unspecified atom stereocenters. The zero-order valence-corrected chi connectivity index (χ0v) is 10.5. The van der Waals surface area contributed by atoms with Crippen LogP contribution in [-0.4, -0.2) is 20.8 Å². The molecule has 0 bridgehead atoms. The summed E-state index contributed by atoms with van der Waals surface area (Å²) >= 11 is 0.163. The van der Waals surface area contributed by atoms with Crippen LogP contribution in [0.2, 0.25) is 0 Å². The molecular weight excluding hydrogens is 283 g/mol. The molecule has 0 fully saturated rings. The fourth-order valence-corrected chi connectivity index (χ4v) is 3.53. The second-order valence-corrected chi connectivity index (χ2v) is 5.73. The van der Waals surface area contributed by atoms with Crippen LogP contribution in [-0.2, 0) is 0 Å². The summed E-state index contributed by atoms with van der Waals surface area (Å²) in [5.74, 6) is 2.03. The SMILES string of the molecule is O=Cc1ccc(-c2ccc(-c3ccco3)[se]2)o1. The molecule has 0 radical (unpaired) electrons. The van der Waals surface area contributed by atoms with Crippen molar-refractivity contribution in [3.05, 3.63) is 48.4 Å². The van der Waals surface area contributed by atoms with Gasteiger partial charge < -0.3 is 0 Å². The molecule has 3 heterocycles. The van der Waals surface area contributed by atoms with Crippen molar-refractivity contribution in [3.8, 4) is 20.4 Å². The Morgan fingerprint density at radius 3 is 2.47 bits per heavy atom. The predicted molar refractivity (Wildman–Crippen MR) is 64.2 cm³/mol. The first-order chi connectivity index (χ1) is 8.36. The number of carbonyl (C=O) groups excluding carboxylic acids is 1. The molecule has 0 aromatic carbocycles. The topological polar surface area (TPSA) is 43.4 Å². The molecule has 0 aliphatic carbocycles. The fourth-order valence-electron chi connectivity index (χ4n) is 1.57. The Morgan fingerprint density at radius 1 is 1.00 bits per heavy atom. The van der Waals surface area contributed by atoms with E-state index in [0.29, 0.717) is 12.0 Å². The Morgan fingerprint density at radius 2 is 1.82 bits per heavy atom. The summed E-state index contributed by atoms with van der Waals surface area (Å²) in [5, 5.41) is 0. The Kier molecular flexibility index (Phi) is 2.59. The van der Waals surface area contributed by atoms with Crippen molar-refractivity contribution >= 4 is 20.8 Å². The monoisotopic (exact) mass is 292 g/mol. The van der Waals surface area contributed by atoms with Gasteiger partial charge in [-0.3, -0.25) is 0 Å². The second-order valence-electron chi connectivity index (χ2n) is 3.46. The maximum absolute atomic E-state index is 10.5. The Balaban J connectivity index is 1.97. The quantitative estimate of drug-likeness (QED) is 0.550. The number of hydrogen-bond donors (Lipinski definition) is 0. The third-order valence-electron chi connectivity index (χ3n) is 2.36. The summed E-state index contributed by atoms with van der Waals surface area (Å²) in [6.45, 7) is 0. The molecule has 0 amide bonds. The van der Waals surface area contributed by atoms with Crippen LogP contribution in [0.5, 0.6) is 0 Å². The van der Waals surface area contributed by atoms with Crippen molar-refractivity contribution in [1.82, 2.24) is 0 Å². The van der Waals surface area contributed by atoms with Gasteiger partial charge in [-0.1, -0.05) is 0 Å². The van der Waals surface area contributed by atoms with Crippen LogP contribution in [0.15, 0.2) is 51.5 Å². The van der Waals surface area contributed by atoms with Gasteiger partial charge in [-0.05, 0) is 0 Å². The minimum absolute atomic E-state index is 0.163. The maximum atomic E-state index is 10.5. The van der Waals surface area contributed by atoms with E-state index in [9.17, 15) is 4.79 Å². The van der Waals surface area contributed by atoms with E-state index in [1.165, 1.54) is 4.44 Å². The number of furan rings is 2. The van der Waals surface area contributed by atoms with Crippen LogP contribution >= 0.6 is 0 Å². The Bertz CT molecular complexity index is 631. The van der Waals surface area contributed by atoms with Gasteiger partial charge in [-0.2, -0.15) is 0 Å². The van der Waals surface area contributed by atoms with E-state index in [2.05, 4.69) is 0 Å². The van der Waals surface area contributed by atoms with Gasteiger partial charge in [0.05, 0.1) is 0 Å². The van der Waals surface area contributed by atoms with Gasteiger partial charge >= 0.3 is 103 Å². The summed E-state index contributed by atoms with van der Waals surface area (Å²) in [4.78, 5) is 10.5. The van der Waals surface area contributed by atoms with Gasteiger partial charge in [-0.15, -0.1) is 0 Å². The standard InChI is InChI=1S/C13H8O3Se/c14-8-9-3-4-11(16-9)13-6-5-12(17-13)10-2-1-7-15-10/h1-8H. The second kappa shape index (κ2) is 4.24. The first-order valence-electron chi connectivity index (χ1n) is 5.06. The zero-order chi connectivity index (χ0) is 11.7. The van der Waals surface area contributed by atoms with Crippen LogP contribution in [0, 0.1) is 0 Å². The molecule has 0 aliphatic heterocycles. The Labute approximate surface area is 103 Å². The summed E-state index contributed by atoms with van der Waals surface area (Å²) in [6, 6.07) is 11.4. The van der Waals surface area contributed by atoms with Crippen LogP contribution < -0.4 is 0 Å². The fraction of sp³-hybridized carbons (Fsp3) is 0. The molecular formula is C13H8O3Se. The average molecular weight is 291 g/mol. The van der Waals surface area contributed by atoms with Gasteiger partial charge in [0.25, 0.3) is 0 Å². The van der Waals surface area contributed by atoms with E-state index < -0.39 is 0 Å². The predicted octanol–water partition coefficient (Wildman–Crippen LogP) is 3.08. The van der Waals surface area contributed by atoms with E-state index in [1.807, 2.05) is 30.3 Å². The van der Waals surface area contributed by atoms with Crippen LogP contribution in [0.25, 0.3) is 20.4 Å². The summed E-state index contributed by atoms with van der Waals surface area (Å²) in [6.07, 6.45) is 2.38. The molecule has 0 N–H and O–H groups in total. The van der Waals surface area contributed by atoms with Crippen molar-refractivity contribution in [2.45, 2.75) is 0 Å². The van der Waals surface area contributed by atoms with Crippen molar-refractivity contribution in [2.75, 3.05) is 0 Å². The molecule has 3 rings (SSSR count). The molecule has 3 nitrogen and oxygen atoms in total. The summed E-state index contributed by atoms with van der Waals surface area (Å²) in [7, 11) is 0.